The second-order valence-electron chi connectivity index (χ2n) is 10.3. The molecule has 0 aliphatic carbocycles. The Bertz CT molecular complexity index is 1360. The summed E-state index contributed by atoms with van der Waals surface area (Å²) in [5, 5.41) is 4.70. The third-order valence-electron chi connectivity index (χ3n) is 8.36. The van der Waals surface area contributed by atoms with Crippen LogP contribution < -0.4 is 14.9 Å². The van der Waals surface area contributed by atoms with Gasteiger partial charge in [-0.3, -0.25) is 19.3 Å². The number of sulfonamides is 1. The normalized spacial score (nSPS) is 27.8. The number of amides is 3. The number of nitrogens with one attached hydrogen (secondary N) is 2. The van der Waals surface area contributed by atoms with Gasteiger partial charge in [0.25, 0.3) is 15.9 Å². The number of anilines is 1. The molecule has 2 bridgehead atoms. The zero-order chi connectivity index (χ0) is 26.5. The first-order valence-corrected chi connectivity index (χ1v) is 15.5. The van der Waals surface area contributed by atoms with E-state index in [9.17, 15) is 22.8 Å². The predicted octanol–water partition coefficient (Wildman–Crippen LogP) is 1.10. The van der Waals surface area contributed by atoms with Crippen LogP contribution in [0.5, 0.6) is 0 Å². The SMILES string of the molecule is O=C1NCCCN(C(=O)CNS(=O)(=O)c2cccs2)CCN2C(=O)[C@@]3(c4ccccc42)[C@H]1C[C@@H]1CCCN13. The van der Waals surface area contributed by atoms with E-state index in [2.05, 4.69) is 14.9 Å². The summed E-state index contributed by atoms with van der Waals surface area (Å²) in [6.45, 7) is 1.65. The Morgan fingerprint density at radius 1 is 1.08 bits per heavy atom. The Kier molecular flexibility index (Phi) is 6.53. The fourth-order valence-electron chi connectivity index (χ4n) is 6.73. The topological polar surface area (TPSA) is 119 Å². The van der Waals surface area contributed by atoms with Crippen molar-refractivity contribution in [1.82, 2.24) is 19.8 Å². The number of carbonyl (C=O) groups is 3. The van der Waals surface area contributed by atoms with Crippen LogP contribution >= 0.6 is 11.3 Å². The Hall–Kier alpha value is -2.80. The van der Waals surface area contributed by atoms with Gasteiger partial charge in [-0.2, -0.15) is 0 Å². The summed E-state index contributed by atoms with van der Waals surface area (Å²) in [6, 6.07) is 11.0. The number of thiophene rings is 1. The first kappa shape index (κ1) is 25.5. The van der Waals surface area contributed by atoms with Crippen molar-refractivity contribution in [1.29, 1.82) is 0 Å². The monoisotopic (exact) mass is 557 g/mol. The van der Waals surface area contributed by atoms with Gasteiger partial charge in [0.15, 0.2) is 0 Å². The van der Waals surface area contributed by atoms with Crippen molar-refractivity contribution in [3.05, 3.63) is 47.3 Å². The van der Waals surface area contributed by atoms with Crippen LogP contribution in [0.1, 0.15) is 31.2 Å². The van der Waals surface area contributed by atoms with Crippen molar-refractivity contribution in [2.24, 2.45) is 5.92 Å². The summed E-state index contributed by atoms with van der Waals surface area (Å²) in [5.41, 5.74) is 0.634. The predicted molar refractivity (Wildman–Crippen MR) is 142 cm³/mol. The molecule has 4 aliphatic heterocycles. The highest BCUT2D eigenvalue weighted by atomic mass is 32.2. The third-order valence-corrected chi connectivity index (χ3v) is 11.2. The quantitative estimate of drug-likeness (QED) is 0.581. The molecule has 3 fully saturated rings. The molecule has 2 N–H and O–H groups in total. The average Bonchev–Trinajstić information content (AvgIpc) is 3.69. The lowest BCUT2D eigenvalue weighted by atomic mass is 9.78. The van der Waals surface area contributed by atoms with E-state index in [0.29, 0.717) is 25.9 Å². The molecule has 12 heteroatoms. The average molecular weight is 558 g/mol. The van der Waals surface area contributed by atoms with E-state index in [1.54, 1.807) is 21.2 Å². The molecule has 3 atom stereocenters. The maximum atomic E-state index is 14.3. The van der Waals surface area contributed by atoms with Crippen LogP contribution in [-0.2, 0) is 29.9 Å². The highest BCUT2D eigenvalue weighted by Gasteiger charge is 2.67. The Labute approximate surface area is 226 Å². The molecule has 0 saturated carbocycles. The number of hydrogen-bond donors (Lipinski definition) is 2. The number of para-hydroxylation sites is 1. The standard InChI is InChI=1S/C26H31N5O5S2/c32-22(17-28-38(35,36)23-9-4-15-37-23)29-11-5-10-27-24(33)20-16-18-6-3-12-31(18)26(20)19-7-1-2-8-21(19)30(14-13-29)25(26)34/h1-2,4,7-9,15,18,20,28H,3,5-6,10-14,16-17H2,(H,27,33)/t18-,20-,26+/m0/s1. The molecule has 6 rings (SSSR count). The number of benzene rings is 1. The zero-order valence-corrected chi connectivity index (χ0v) is 22.6. The summed E-state index contributed by atoms with van der Waals surface area (Å²) >= 11 is 1.08. The fourth-order valence-corrected chi connectivity index (χ4v) is 8.74. The summed E-state index contributed by atoms with van der Waals surface area (Å²) in [5.74, 6) is -1.06. The number of hydrogen-bond acceptors (Lipinski definition) is 7. The zero-order valence-electron chi connectivity index (χ0n) is 21.0. The Morgan fingerprint density at radius 2 is 1.92 bits per heavy atom. The fraction of sp³-hybridized carbons (Fsp3) is 0.500. The van der Waals surface area contributed by atoms with Crippen LogP contribution in [0.2, 0.25) is 0 Å². The minimum Gasteiger partial charge on any atom is -0.356 e. The maximum absolute atomic E-state index is 14.3. The van der Waals surface area contributed by atoms with E-state index in [1.807, 2.05) is 24.3 Å². The van der Waals surface area contributed by atoms with E-state index >= 15 is 0 Å². The molecule has 0 radical (unpaired) electrons. The second kappa shape index (κ2) is 9.74. The van der Waals surface area contributed by atoms with Gasteiger partial charge in [-0.1, -0.05) is 24.3 Å². The second-order valence-corrected chi connectivity index (χ2v) is 13.2. The van der Waals surface area contributed by atoms with Crippen LogP contribution in [0, 0.1) is 5.92 Å². The van der Waals surface area contributed by atoms with E-state index < -0.39 is 21.5 Å². The molecular weight excluding hydrogens is 526 g/mol. The van der Waals surface area contributed by atoms with Gasteiger partial charge >= 0.3 is 0 Å². The largest absolute Gasteiger partial charge is 0.356 e. The first-order valence-electron chi connectivity index (χ1n) is 13.1. The van der Waals surface area contributed by atoms with E-state index in [1.165, 1.54) is 6.07 Å². The van der Waals surface area contributed by atoms with Gasteiger partial charge in [-0.25, -0.2) is 13.1 Å². The first-order chi connectivity index (χ1) is 18.3. The number of rotatable bonds is 4. The van der Waals surface area contributed by atoms with Crippen LogP contribution in [0.15, 0.2) is 46.0 Å². The highest BCUT2D eigenvalue weighted by Crippen LogP contribution is 2.57. The number of nitrogens with zero attached hydrogens (tertiary/aromatic N) is 3. The molecule has 1 spiro atoms. The lowest BCUT2D eigenvalue weighted by Crippen LogP contribution is -2.57. The molecule has 10 nitrogen and oxygen atoms in total. The van der Waals surface area contributed by atoms with Crippen molar-refractivity contribution < 1.29 is 22.8 Å². The molecule has 5 heterocycles. The van der Waals surface area contributed by atoms with Crippen molar-refractivity contribution >= 4 is 44.8 Å². The van der Waals surface area contributed by atoms with E-state index in [-0.39, 0.29) is 47.6 Å². The molecule has 202 valence electrons. The third kappa shape index (κ3) is 3.96. The van der Waals surface area contributed by atoms with Crippen LogP contribution in [0.4, 0.5) is 5.69 Å². The smallest absolute Gasteiger partial charge is 0.253 e. The molecule has 1 aromatic carbocycles. The van der Waals surface area contributed by atoms with Crippen molar-refractivity contribution in [3.8, 4) is 0 Å². The highest BCUT2D eigenvalue weighted by molar-refractivity contribution is 7.91. The molecule has 4 aliphatic rings. The van der Waals surface area contributed by atoms with Gasteiger partial charge in [-0.15, -0.1) is 11.3 Å². The van der Waals surface area contributed by atoms with Gasteiger partial charge in [-0.05, 0) is 49.7 Å². The molecule has 3 saturated heterocycles. The molecule has 0 unspecified atom stereocenters. The van der Waals surface area contributed by atoms with Gasteiger partial charge < -0.3 is 15.1 Å². The lowest BCUT2D eigenvalue weighted by molar-refractivity contribution is -0.139. The molecular formula is C26H31N5O5S2. The minimum atomic E-state index is -3.78. The van der Waals surface area contributed by atoms with Gasteiger partial charge in [0.1, 0.15) is 9.75 Å². The number of carbonyl (C=O) groups excluding carboxylic acids is 3. The lowest BCUT2D eigenvalue weighted by Gasteiger charge is -2.38. The molecule has 38 heavy (non-hydrogen) atoms. The van der Waals surface area contributed by atoms with Crippen LogP contribution in [0.25, 0.3) is 0 Å². The van der Waals surface area contributed by atoms with Crippen LogP contribution in [-0.4, -0.2) is 81.2 Å². The van der Waals surface area contributed by atoms with E-state index in [4.69, 9.17) is 0 Å². The van der Waals surface area contributed by atoms with E-state index in [0.717, 1.165) is 42.0 Å². The van der Waals surface area contributed by atoms with Gasteiger partial charge in [0, 0.05) is 43.5 Å². The minimum absolute atomic E-state index is 0.102. The van der Waals surface area contributed by atoms with Crippen molar-refractivity contribution in [3.63, 3.8) is 0 Å². The molecule has 3 amide bonds. The number of fused-ring (bicyclic) bond motifs is 4. The van der Waals surface area contributed by atoms with Crippen molar-refractivity contribution in [2.45, 2.75) is 41.5 Å². The molecule has 2 aromatic rings. The summed E-state index contributed by atoms with van der Waals surface area (Å²) in [6.07, 6.45) is 3.17. The van der Waals surface area contributed by atoms with Gasteiger partial charge in [0.2, 0.25) is 11.8 Å². The van der Waals surface area contributed by atoms with Crippen molar-refractivity contribution in [2.75, 3.05) is 44.2 Å². The van der Waals surface area contributed by atoms with Crippen LogP contribution in [0.3, 0.4) is 0 Å². The summed E-state index contributed by atoms with van der Waals surface area (Å²) < 4.78 is 27.6. The molecule has 1 aromatic heterocycles. The van der Waals surface area contributed by atoms with Gasteiger partial charge in [0.05, 0.1) is 12.5 Å². The Balaban J connectivity index is 1.28. The summed E-state index contributed by atoms with van der Waals surface area (Å²) in [4.78, 5) is 46.6. The Morgan fingerprint density at radius 3 is 2.74 bits per heavy atom. The summed E-state index contributed by atoms with van der Waals surface area (Å²) in [7, 11) is -3.78. The maximum Gasteiger partial charge on any atom is 0.253 e.